The van der Waals surface area contributed by atoms with Gasteiger partial charge in [0.15, 0.2) is 0 Å². The fourth-order valence-corrected chi connectivity index (χ4v) is 5.00. The Kier molecular flexibility index (Phi) is 5.37. The fraction of sp³-hybridized carbons (Fsp3) is 0.545. The van der Waals surface area contributed by atoms with Crippen molar-refractivity contribution in [1.82, 2.24) is 19.9 Å². The molecule has 2 aromatic rings. The van der Waals surface area contributed by atoms with Crippen LogP contribution >= 0.6 is 0 Å². The second kappa shape index (κ2) is 8.11. The van der Waals surface area contributed by atoms with Crippen molar-refractivity contribution in [2.75, 3.05) is 13.1 Å². The molecular formula is C22H22F4N4O3. The van der Waals surface area contributed by atoms with E-state index >= 15 is 0 Å². The van der Waals surface area contributed by atoms with Gasteiger partial charge in [-0.3, -0.25) is 9.59 Å². The number of alkyl halides is 4. The Morgan fingerprint density at radius 2 is 1.94 bits per heavy atom. The molecule has 1 saturated heterocycles. The van der Waals surface area contributed by atoms with Crippen LogP contribution in [0.5, 0.6) is 0 Å². The number of benzene rings is 1. The van der Waals surface area contributed by atoms with E-state index in [0.717, 1.165) is 31.2 Å². The van der Waals surface area contributed by atoms with E-state index in [1.165, 1.54) is 11.0 Å². The van der Waals surface area contributed by atoms with Crippen LogP contribution in [0.3, 0.4) is 0 Å². The van der Waals surface area contributed by atoms with Gasteiger partial charge in [0, 0.05) is 30.1 Å². The summed E-state index contributed by atoms with van der Waals surface area (Å²) in [5.41, 5.74) is 1.42. The van der Waals surface area contributed by atoms with Crippen molar-refractivity contribution in [2.24, 2.45) is 5.92 Å². The van der Waals surface area contributed by atoms with Crippen molar-refractivity contribution < 1.29 is 31.7 Å². The lowest BCUT2D eigenvalue weighted by Crippen LogP contribution is -2.53. The van der Waals surface area contributed by atoms with E-state index in [4.69, 9.17) is 0 Å². The van der Waals surface area contributed by atoms with E-state index < -0.39 is 18.2 Å². The van der Waals surface area contributed by atoms with Crippen molar-refractivity contribution >= 4 is 11.8 Å². The number of hydrogen-bond acceptors (Lipinski definition) is 5. The summed E-state index contributed by atoms with van der Waals surface area (Å²) in [5.74, 6) is -1.98. The van der Waals surface area contributed by atoms with E-state index in [9.17, 15) is 27.2 Å². The average molecular weight is 466 g/mol. The molecule has 1 aromatic heterocycles. The number of likely N-dealkylation sites (tertiary alicyclic amines) is 1. The monoisotopic (exact) mass is 466 g/mol. The molecule has 1 saturated carbocycles. The zero-order valence-corrected chi connectivity index (χ0v) is 17.6. The van der Waals surface area contributed by atoms with E-state index in [1.54, 1.807) is 17.0 Å². The van der Waals surface area contributed by atoms with Crippen LogP contribution in [0.4, 0.5) is 17.6 Å². The van der Waals surface area contributed by atoms with Gasteiger partial charge < -0.3 is 14.3 Å². The van der Waals surface area contributed by atoms with Gasteiger partial charge in [-0.15, -0.1) is 0 Å². The maximum atomic E-state index is 13.3. The van der Waals surface area contributed by atoms with Gasteiger partial charge >= 0.3 is 12.1 Å². The van der Waals surface area contributed by atoms with Crippen LogP contribution in [0.25, 0.3) is 11.4 Å². The number of rotatable bonds is 4. The largest absolute Gasteiger partial charge is 0.471 e. The third-order valence-electron chi connectivity index (χ3n) is 6.76. The number of amides is 2. The number of carbonyl (C=O) groups is 2. The van der Waals surface area contributed by atoms with Gasteiger partial charge in [-0.25, -0.2) is 4.39 Å². The topological polar surface area (TPSA) is 79.5 Å². The molecular weight excluding hydrogens is 444 g/mol. The molecule has 7 nitrogen and oxygen atoms in total. The summed E-state index contributed by atoms with van der Waals surface area (Å²) in [4.78, 5) is 32.5. The zero-order chi connectivity index (χ0) is 23.3. The SMILES string of the molecule is O=C(C[C@@H]1CCCCC1N1Cc2ccc(-c3noc(C(F)(F)F)n3)cc2C1=O)N1CC(F)C1. The van der Waals surface area contributed by atoms with Crippen LogP contribution in [0.2, 0.25) is 0 Å². The van der Waals surface area contributed by atoms with Gasteiger partial charge in [0.05, 0.1) is 13.1 Å². The Hall–Kier alpha value is -2.98. The molecule has 0 bridgehead atoms. The predicted molar refractivity (Wildman–Crippen MR) is 106 cm³/mol. The van der Waals surface area contributed by atoms with Gasteiger partial charge in [0.1, 0.15) is 6.17 Å². The molecule has 2 atom stereocenters. The van der Waals surface area contributed by atoms with Crippen molar-refractivity contribution in [3.05, 3.63) is 35.2 Å². The maximum absolute atomic E-state index is 13.3. The Balaban J connectivity index is 1.33. The molecule has 11 heteroatoms. The molecule has 1 aromatic carbocycles. The van der Waals surface area contributed by atoms with Crippen molar-refractivity contribution in [1.29, 1.82) is 0 Å². The minimum atomic E-state index is -4.75. The van der Waals surface area contributed by atoms with Crippen molar-refractivity contribution in [3.8, 4) is 11.4 Å². The van der Waals surface area contributed by atoms with Gasteiger partial charge in [-0.2, -0.15) is 18.2 Å². The van der Waals surface area contributed by atoms with Crippen LogP contribution < -0.4 is 0 Å². The van der Waals surface area contributed by atoms with E-state index in [2.05, 4.69) is 14.7 Å². The smallest absolute Gasteiger partial charge is 0.337 e. The third kappa shape index (κ3) is 4.08. The highest BCUT2D eigenvalue weighted by molar-refractivity contribution is 5.99. The predicted octanol–water partition coefficient (Wildman–Crippen LogP) is 3.84. The van der Waals surface area contributed by atoms with Crippen LogP contribution in [0.15, 0.2) is 22.7 Å². The number of halogens is 4. The summed E-state index contributed by atoms with van der Waals surface area (Å²) in [6.07, 6.45) is -1.91. The third-order valence-corrected chi connectivity index (χ3v) is 6.76. The standard InChI is InChI=1S/C22H22F4N4O3/c23-15-10-29(11-15)18(31)8-12-3-1-2-4-17(12)30-9-14-6-5-13(7-16(14)20(30)32)19-27-21(33-28-19)22(24,25)26/h5-7,12,15,17H,1-4,8-11H2/t12-,17?/m0/s1. The quantitative estimate of drug-likeness (QED) is 0.640. The highest BCUT2D eigenvalue weighted by atomic mass is 19.4. The molecule has 2 amide bonds. The number of aromatic nitrogens is 2. The minimum Gasteiger partial charge on any atom is -0.337 e. The molecule has 33 heavy (non-hydrogen) atoms. The first-order valence-corrected chi connectivity index (χ1v) is 11.0. The molecule has 0 spiro atoms. The average Bonchev–Trinajstić information content (AvgIpc) is 3.37. The second-order valence-electron chi connectivity index (χ2n) is 8.94. The fourth-order valence-electron chi connectivity index (χ4n) is 5.00. The summed E-state index contributed by atoms with van der Waals surface area (Å²) in [5, 5.41) is 3.39. The second-order valence-corrected chi connectivity index (χ2v) is 8.94. The molecule has 1 unspecified atom stereocenters. The molecule has 0 N–H and O–H groups in total. The molecule has 3 aliphatic rings. The number of hydrogen-bond donors (Lipinski definition) is 0. The molecule has 1 aliphatic carbocycles. The molecule has 5 rings (SSSR count). The first-order chi connectivity index (χ1) is 15.7. The summed E-state index contributed by atoms with van der Waals surface area (Å²) in [6, 6.07) is 4.64. The first-order valence-electron chi connectivity index (χ1n) is 11.0. The number of carbonyl (C=O) groups excluding carboxylic acids is 2. The number of fused-ring (bicyclic) bond motifs is 1. The summed E-state index contributed by atoms with van der Waals surface area (Å²) < 4.78 is 55.8. The summed E-state index contributed by atoms with van der Waals surface area (Å²) in [6.45, 7) is 0.651. The summed E-state index contributed by atoms with van der Waals surface area (Å²) >= 11 is 0. The lowest BCUT2D eigenvalue weighted by Gasteiger charge is -2.40. The van der Waals surface area contributed by atoms with Gasteiger partial charge in [0.25, 0.3) is 5.91 Å². The minimum absolute atomic E-state index is 0.00538. The maximum Gasteiger partial charge on any atom is 0.471 e. The molecule has 2 fully saturated rings. The van der Waals surface area contributed by atoms with E-state index in [-0.39, 0.29) is 54.7 Å². The number of nitrogens with zero attached hydrogens (tertiary/aromatic N) is 4. The Labute approximate surface area is 186 Å². The zero-order valence-electron chi connectivity index (χ0n) is 17.6. The highest BCUT2D eigenvalue weighted by Crippen LogP contribution is 2.37. The Morgan fingerprint density at radius 3 is 2.64 bits per heavy atom. The highest BCUT2D eigenvalue weighted by Gasteiger charge is 2.41. The molecule has 176 valence electrons. The van der Waals surface area contributed by atoms with Crippen LogP contribution in [-0.2, 0) is 17.5 Å². The Morgan fingerprint density at radius 1 is 1.18 bits per heavy atom. The lowest BCUT2D eigenvalue weighted by atomic mass is 9.81. The van der Waals surface area contributed by atoms with E-state index in [1.807, 2.05) is 0 Å². The lowest BCUT2D eigenvalue weighted by molar-refractivity contribution is -0.159. The van der Waals surface area contributed by atoms with Crippen molar-refractivity contribution in [3.63, 3.8) is 0 Å². The van der Waals surface area contributed by atoms with Crippen LogP contribution in [-0.4, -0.2) is 57.1 Å². The summed E-state index contributed by atoms with van der Waals surface area (Å²) in [7, 11) is 0. The van der Waals surface area contributed by atoms with Gasteiger partial charge in [-0.1, -0.05) is 30.1 Å². The normalized spacial score (nSPS) is 23.6. The molecule has 0 radical (unpaired) electrons. The molecule has 3 heterocycles. The first kappa shape index (κ1) is 21.8. The van der Waals surface area contributed by atoms with Crippen molar-refractivity contribution in [2.45, 2.75) is 57.0 Å². The van der Waals surface area contributed by atoms with Crippen LogP contribution in [0, 0.1) is 5.92 Å². The van der Waals surface area contributed by atoms with Crippen LogP contribution in [0.1, 0.15) is 53.9 Å². The molecule has 2 aliphatic heterocycles. The van der Waals surface area contributed by atoms with E-state index in [0.29, 0.717) is 12.1 Å². The van der Waals surface area contributed by atoms with Gasteiger partial charge in [-0.05, 0) is 30.4 Å². The van der Waals surface area contributed by atoms with Gasteiger partial charge in [0.2, 0.25) is 11.7 Å². The Bertz CT molecular complexity index is 1080.